The number of fused-ring (bicyclic) bond motifs is 1. The summed E-state index contributed by atoms with van der Waals surface area (Å²) in [4.78, 5) is 29.6. The summed E-state index contributed by atoms with van der Waals surface area (Å²) < 4.78 is 15.4. The molecule has 2 amide bonds. The van der Waals surface area contributed by atoms with Gasteiger partial charge in [0, 0.05) is 42.5 Å². The SMILES string of the molecule is O=C(Nc1ccc(-c2ncc3n2CCCC3)cc1)C1=NN(Cc2ccc(F)cc2)C(=O)CC1. The normalized spacial score (nSPS) is 15.7. The number of halogens is 1. The standard InChI is InChI=1S/C25H24FN5O2/c26-19-8-4-17(5-9-19)16-31-23(32)13-12-22(29-31)25(33)28-20-10-6-18(7-11-20)24-27-15-21-3-1-2-14-30(21)24/h4-11,15H,1-3,12-14,16H2,(H,28,33). The predicted molar refractivity (Wildman–Crippen MR) is 123 cm³/mol. The third-order valence-electron chi connectivity index (χ3n) is 6.02. The Morgan fingerprint density at radius 2 is 1.79 bits per heavy atom. The minimum absolute atomic E-state index is 0.164. The molecule has 168 valence electrons. The first-order valence-electron chi connectivity index (χ1n) is 11.2. The zero-order valence-electron chi connectivity index (χ0n) is 18.1. The zero-order valence-corrected chi connectivity index (χ0v) is 18.1. The first kappa shape index (κ1) is 21.1. The molecule has 0 unspecified atom stereocenters. The molecule has 0 atom stereocenters. The molecule has 8 heteroatoms. The summed E-state index contributed by atoms with van der Waals surface area (Å²) in [7, 11) is 0. The quantitative estimate of drug-likeness (QED) is 0.641. The molecular weight excluding hydrogens is 421 g/mol. The van der Waals surface area contributed by atoms with Gasteiger partial charge >= 0.3 is 0 Å². The van der Waals surface area contributed by atoms with Crippen LogP contribution in [0, 0.1) is 5.82 Å². The van der Waals surface area contributed by atoms with Crippen LogP contribution in [0.3, 0.4) is 0 Å². The first-order valence-corrected chi connectivity index (χ1v) is 11.2. The minimum Gasteiger partial charge on any atom is -0.328 e. The van der Waals surface area contributed by atoms with Crippen molar-refractivity contribution in [1.29, 1.82) is 0 Å². The van der Waals surface area contributed by atoms with E-state index >= 15 is 0 Å². The monoisotopic (exact) mass is 445 g/mol. The Morgan fingerprint density at radius 1 is 1.00 bits per heavy atom. The average molecular weight is 445 g/mol. The van der Waals surface area contributed by atoms with Gasteiger partial charge in [-0.05, 0) is 61.2 Å². The Bertz CT molecular complexity index is 1210. The Kier molecular flexibility index (Phi) is 5.73. The Morgan fingerprint density at radius 3 is 2.58 bits per heavy atom. The van der Waals surface area contributed by atoms with E-state index in [-0.39, 0.29) is 37.0 Å². The molecule has 33 heavy (non-hydrogen) atoms. The summed E-state index contributed by atoms with van der Waals surface area (Å²) >= 11 is 0. The van der Waals surface area contributed by atoms with Gasteiger partial charge in [-0.1, -0.05) is 12.1 Å². The maximum atomic E-state index is 13.1. The second-order valence-electron chi connectivity index (χ2n) is 8.34. The van der Waals surface area contributed by atoms with Crippen molar-refractivity contribution in [1.82, 2.24) is 14.6 Å². The van der Waals surface area contributed by atoms with Crippen molar-refractivity contribution >= 4 is 23.2 Å². The summed E-state index contributed by atoms with van der Waals surface area (Å²) in [6, 6.07) is 13.5. The van der Waals surface area contributed by atoms with Gasteiger partial charge < -0.3 is 9.88 Å². The molecule has 0 spiro atoms. The minimum atomic E-state index is -0.342. The van der Waals surface area contributed by atoms with E-state index in [0.29, 0.717) is 11.4 Å². The summed E-state index contributed by atoms with van der Waals surface area (Å²) in [5.74, 6) is 0.112. The molecule has 2 aliphatic rings. The van der Waals surface area contributed by atoms with E-state index in [4.69, 9.17) is 0 Å². The molecule has 7 nitrogen and oxygen atoms in total. The second kappa shape index (κ2) is 8.97. The summed E-state index contributed by atoms with van der Waals surface area (Å²) in [6.07, 6.45) is 5.86. The highest BCUT2D eigenvalue weighted by atomic mass is 19.1. The van der Waals surface area contributed by atoms with Crippen LogP contribution < -0.4 is 5.32 Å². The maximum Gasteiger partial charge on any atom is 0.271 e. The smallest absolute Gasteiger partial charge is 0.271 e. The Hall–Kier alpha value is -3.81. The average Bonchev–Trinajstić information content (AvgIpc) is 3.26. The van der Waals surface area contributed by atoms with Crippen molar-refractivity contribution in [3.63, 3.8) is 0 Å². The fourth-order valence-electron chi connectivity index (χ4n) is 4.22. The molecule has 1 aromatic heterocycles. The molecule has 3 heterocycles. The molecule has 1 N–H and O–H groups in total. The number of nitrogens with one attached hydrogen (secondary N) is 1. The lowest BCUT2D eigenvalue weighted by Gasteiger charge is -2.23. The largest absolute Gasteiger partial charge is 0.328 e. The molecule has 0 aliphatic carbocycles. The highest BCUT2D eigenvalue weighted by Gasteiger charge is 2.25. The topological polar surface area (TPSA) is 79.6 Å². The number of hydrogen-bond acceptors (Lipinski definition) is 4. The maximum absolute atomic E-state index is 13.1. The van der Waals surface area contributed by atoms with Crippen LogP contribution in [-0.4, -0.2) is 32.1 Å². The van der Waals surface area contributed by atoms with Gasteiger partial charge in [0.2, 0.25) is 5.91 Å². The number of benzene rings is 2. The Balaban J connectivity index is 1.27. The molecule has 0 fully saturated rings. The zero-order chi connectivity index (χ0) is 22.8. The van der Waals surface area contributed by atoms with Crippen molar-refractivity contribution < 1.29 is 14.0 Å². The van der Waals surface area contributed by atoms with Crippen molar-refractivity contribution in [3.8, 4) is 11.4 Å². The number of rotatable bonds is 5. The van der Waals surface area contributed by atoms with E-state index in [1.807, 2.05) is 30.5 Å². The number of imidazole rings is 1. The van der Waals surface area contributed by atoms with Gasteiger partial charge in [-0.15, -0.1) is 0 Å². The van der Waals surface area contributed by atoms with Crippen molar-refractivity contribution in [2.24, 2.45) is 5.10 Å². The molecule has 5 rings (SSSR count). The molecule has 3 aromatic rings. The third kappa shape index (κ3) is 4.55. The van der Waals surface area contributed by atoms with Crippen LogP contribution >= 0.6 is 0 Å². The van der Waals surface area contributed by atoms with Gasteiger partial charge in [0.25, 0.3) is 5.91 Å². The van der Waals surface area contributed by atoms with Gasteiger partial charge in [0.15, 0.2) is 0 Å². The van der Waals surface area contributed by atoms with Crippen molar-refractivity contribution in [2.45, 2.75) is 45.2 Å². The predicted octanol–water partition coefficient (Wildman–Crippen LogP) is 4.14. The van der Waals surface area contributed by atoms with E-state index in [1.165, 1.54) is 29.3 Å². The molecule has 0 saturated heterocycles. The van der Waals surface area contributed by atoms with Crippen LogP contribution in [-0.2, 0) is 29.1 Å². The Labute approximate surface area is 190 Å². The number of amides is 2. The number of carbonyl (C=O) groups excluding carboxylic acids is 2. The molecule has 0 saturated carbocycles. The highest BCUT2D eigenvalue weighted by Crippen LogP contribution is 2.26. The number of anilines is 1. The first-order chi connectivity index (χ1) is 16.1. The second-order valence-corrected chi connectivity index (χ2v) is 8.34. The van der Waals surface area contributed by atoms with Crippen molar-refractivity contribution in [2.75, 3.05) is 5.32 Å². The lowest BCUT2D eigenvalue weighted by atomic mass is 10.1. The van der Waals surface area contributed by atoms with E-state index in [9.17, 15) is 14.0 Å². The lowest BCUT2D eigenvalue weighted by molar-refractivity contribution is -0.132. The van der Waals surface area contributed by atoms with Gasteiger partial charge in [0.05, 0.1) is 6.54 Å². The summed E-state index contributed by atoms with van der Waals surface area (Å²) in [5, 5.41) is 8.41. The van der Waals surface area contributed by atoms with Crippen LogP contribution in [0.1, 0.15) is 36.9 Å². The van der Waals surface area contributed by atoms with Gasteiger partial charge in [-0.3, -0.25) is 9.59 Å². The number of carbonyl (C=O) groups is 2. The molecular formula is C25H24FN5O2. The number of hydrazone groups is 1. The van der Waals surface area contributed by atoms with E-state index in [1.54, 1.807) is 12.1 Å². The molecule has 0 bridgehead atoms. The van der Waals surface area contributed by atoms with Crippen LogP contribution in [0.5, 0.6) is 0 Å². The molecule has 0 radical (unpaired) electrons. The number of aryl methyl sites for hydroxylation is 1. The van der Waals surface area contributed by atoms with E-state index in [0.717, 1.165) is 36.3 Å². The summed E-state index contributed by atoms with van der Waals surface area (Å²) in [6.45, 7) is 1.18. The highest BCUT2D eigenvalue weighted by molar-refractivity contribution is 6.43. The van der Waals surface area contributed by atoms with E-state index in [2.05, 4.69) is 20.0 Å². The van der Waals surface area contributed by atoms with Gasteiger partial charge in [-0.25, -0.2) is 14.4 Å². The number of hydrogen-bond donors (Lipinski definition) is 1. The summed E-state index contributed by atoms with van der Waals surface area (Å²) in [5.41, 5.74) is 3.96. The van der Waals surface area contributed by atoms with Gasteiger partial charge in [-0.2, -0.15) is 5.10 Å². The van der Waals surface area contributed by atoms with Crippen LogP contribution in [0.2, 0.25) is 0 Å². The molecule has 2 aromatic carbocycles. The van der Waals surface area contributed by atoms with E-state index < -0.39 is 0 Å². The molecule has 2 aliphatic heterocycles. The fraction of sp³-hybridized carbons (Fsp3) is 0.280. The lowest BCUT2D eigenvalue weighted by Crippen LogP contribution is -2.36. The van der Waals surface area contributed by atoms with Crippen molar-refractivity contribution in [3.05, 3.63) is 71.8 Å². The van der Waals surface area contributed by atoms with Crippen LogP contribution in [0.25, 0.3) is 11.4 Å². The van der Waals surface area contributed by atoms with Crippen LogP contribution in [0.4, 0.5) is 10.1 Å². The number of nitrogens with zero attached hydrogens (tertiary/aromatic N) is 4. The number of aromatic nitrogens is 2. The van der Waals surface area contributed by atoms with Gasteiger partial charge in [0.1, 0.15) is 17.4 Å². The third-order valence-corrected chi connectivity index (χ3v) is 6.02. The van der Waals surface area contributed by atoms with Crippen LogP contribution in [0.15, 0.2) is 59.8 Å². The fourth-order valence-corrected chi connectivity index (χ4v) is 4.22.